The second kappa shape index (κ2) is 35.0. The van der Waals surface area contributed by atoms with Gasteiger partial charge in [-0.05, 0) is 92.7 Å². The molecule has 8 aromatic rings. The maximum atomic E-state index is 13.5. The molecule has 3 unspecified atom stereocenters. The molecule has 12 heterocycles. The summed E-state index contributed by atoms with van der Waals surface area (Å²) in [4.78, 5) is 101. The normalized spacial score (nSPS) is 19.6. The van der Waals surface area contributed by atoms with Crippen LogP contribution in [0.3, 0.4) is 0 Å². The van der Waals surface area contributed by atoms with E-state index in [1.165, 1.54) is 17.0 Å². The number of hydrogen-bond donors (Lipinski definition) is 3. The van der Waals surface area contributed by atoms with E-state index in [4.69, 9.17) is 14.2 Å². The molecule has 3 N–H and O–H groups in total. The molecule has 36 heteroatoms. The summed E-state index contributed by atoms with van der Waals surface area (Å²) in [6.45, 7) is 23.1. The van der Waals surface area contributed by atoms with Crippen LogP contribution < -0.4 is 30.1 Å². The van der Waals surface area contributed by atoms with Crippen LogP contribution in [-0.4, -0.2) is 179 Å². The van der Waals surface area contributed by atoms with Crippen molar-refractivity contribution < 1.29 is 79.2 Å². The van der Waals surface area contributed by atoms with E-state index in [9.17, 15) is 65.0 Å². The maximum Gasteiger partial charge on any atom is 0.417 e. The number of allylic oxidation sites excluding steroid dienone is 1. The minimum Gasteiger partial charge on any atom is -0.444 e. The zero-order valence-corrected chi connectivity index (χ0v) is 63.3. The number of ether oxygens (including phenoxy) is 3. The van der Waals surface area contributed by atoms with Crippen LogP contribution in [0.15, 0.2) is 127 Å². The number of nitrogens with zero attached hydrogens (tertiary/aromatic N) is 17. The zero-order chi connectivity index (χ0) is 80.5. The van der Waals surface area contributed by atoms with Crippen LogP contribution in [0.25, 0.3) is 0 Å². The number of fused-ring (bicyclic) bond motifs is 3. The zero-order valence-electron chi connectivity index (χ0n) is 63.3. The molecule has 30 nitrogen and oxygen atoms in total. The smallest absolute Gasteiger partial charge is 0.417 e. The number of rotatable bonds is 11. The molecular weight excluding hydrogens is 1470 g/mol. The number of nitrogens with one attached hydrogen (secondary N) is 2. The van der Waals surface area contributed by atoms with E-state index in [1.54, 1.807) is 89.3 Å². The van der Waals surface area contributed by atoms with Gasteiger partial charge in [0.15, 0.2) is 34.9 Å². The summed E-state index contributed by atoms with van der Waals surface area (Å²) < 4.78 is 104. The summed E-state index contributed by atoms with van der Waals surface area (Å²) in [6.07, 6.45) is 17.6. The number of anilines is 5. The topological polar surface area (TPSA) is 312 Å². The molecule has 0 aliphatic carbocycles. The number of amides is 8. The molecule has 112 heavy (non-hydrogen) atoms. The standard InChI is InChI=1S/C22H22F3N7O2.C20H28N6O3.C17H26N4O4.C13H8F3NO2.C4H5N/c1-13-9-32-19(12-30(13)22(34)28-15-6-16(23)21(25)17(24)7-15)18(8-27-32)31-11-14(5-20(31)33)10-29-4-2-3-26-29;1-14-10-26-17(13-24(14)19(28)29-20(2,3)4)16(9-22-26)25-12-15(8-18(25)27)11-23-7-5-6-21-23;1-11-7-21-14(9-19(11)16(24)25-17(2,3)4)13(6-18-21)20-8-12(10-22)5-15(20)23;14-10-6-8(7-11(15)12(10)16)17-13(18)19-9-4-2-1-3-5-9;1-2-4-5-3-1/h2-4,6-8,13-14H,5,9-12H2,1H3,(H,28,34);5-7,9,14-15H,8,10-13H2,1-4H3;6,11-12,22H,5,7-10H2,1-4H3;1-7H,(H,17,18);1-3H,4H2/t13-,14?;14-,15?;11-,12?;;/m000../s1. The van der Waals surface area contributed by atoms with Gasteiger partial charge in [-0.3, -0.25) is 57.9 Å². The van der Waals surface area contributed by atoms with Crippen molar-refractivity contribution in [3.63, 3.8) is 0 Å². The fourth-order valence-corrected chi connectivity index (χ4v) is 13.5. The molecule has 3 saturated heterocycles. The number of urea groups is 1. The first-order valence-corrected chi connectivity index (χ1v) is 36.4. The lowest BCUT2D eigenvalue weighted by Crippen LogP contribution is -2.47. The fraction of sp³-hybridized carbons (Fsp3) is 0.434. The van der Waals surface area contributed by atoms with Gasteiger partial charge in [-0.25, -0.2) is 45.5 Å². The molecule has 0 bridgehead atoms. The van der Waals surface area contributed by atoms with E-state index < -0.39 is 58.2 Å². The van der Waals surface area contributed by atoms with Crippen molar-refractivity contribution in [2.45, 2.75) is 163 Å². The molecule has 0 radical (unpaired) electrons. The third-order valence-electron chi connectivity index (χ3n) is 18.9. The number of para-hydroxylation sites is 1. The number of hydrogen-bond acceptors (Lipinski definition) is 17. The van der Waals surface area contributed by atoms with E-state index >= 15 is 0 Å². The van der Waals surface area contributed by atoms with Crippen LogP contribution in [0.5, 0.6) is 5.75 Å². The Kier molecular flexibility index (Phi) is 25.4. The fourth-order valence-electron chi connectivity index (χ4n) is 13.5. The first-order valence-electron chi connectivity index (χ1n) is 36.4. The minimum absolute atomic E-state index is 0.00716. The Hall–Kier alpha value is -11.9. The number of carbonyl (C=O) groups is 7. The third kappa shape index (κ3) is 20.2. The highest BCUT2D eigenvalue weighted by atomic mass is 19.2. The summed E-state index contributed by atoms with van der Waals surface area (Å²) in [6, 6.07) is 13.6. The number of aliphatic imine (C=N–C) groups is 1. The number of aliphatic hydroxyl groups is 1. The Bertz CT molecular complexity index is 4690. The molecule has 7 aliphatic heterocycles. The van der Waals surface area contributed by atoms with Crippen molar-refractivity contribution in [1.29, 1.82) is 0 Å². The van der Waals surface area contributed by atoms with Gasteiger partial charge in [-0.15, -0.1) is 0 Å². The van der Waals surface area contributed by atoms with Crippen LogP contribution in [0, 0.1) is 52.7 Å². The summed E-state index contributed by atoms with van der Waals surface area (Å²) in [5, 5.41) is 35.6. The Morgan fingerprint density at radius 2 is 0.911 bits per heavy atom. The Morgan fingerprint density at radius 3 is 1.27 bits per heavy atom. The number of benzene rings is 3. The van der Waals surface area contributed by atoms with Crippen molar-refractivity contribution in [3.05, 3.63) is 174 Å². The molecule has 0 saturated carbocycles. The average molecular weight is 1560 g/mol. The first-order chi connectivity index (χ1) is 53.3. The number of carbonyl (C=O) groups excluding carboxylic acids is 7. The quantitative estimate of drug-likeness (QED) is 0.0800. The number of aliphatic hydroxyl groups excluding tert-OH is 1. The maximum absolute atomic E-state index is 13.5. The summed E-state index contributed by atoms with van der Waals surface area (Å²) in [7, 11) is 0. The van der Waals surface area contributed by atoms with E-state index in [0.29, 0.717) is 108 Å². The van der Waals surface area contributed by atoms with Crippen molar-refractivity contribution >= 4 is 76.7 Å². The molecule has 6 atom stereocenters. The highest BCUT2D eigenvalue weighted by Gasteiger charge is 2.41. The Labute approximate surface area is 641 Å². The van der Waals surface area contributed by atoms with Crippen LogP contribution in [0.2, 0.25) is 0 Å². The second-order valence-electron chi connectivity index (χ2n) is 29.9. The lowest BCUT2D eigenvalue weighted by Gasteiger charge is -2.36. The van der Waals surface area contributed by atoms with Gasteiger partial charge in [-0.2, -0.15) is 25.5 Å². The average Bonchev–Trinajstić information content (AvgIpc) is 1.62. The van der Waals surface area contributed by atoms with Gasteiger partial charge in [0.05, 0.1) is 122 Å². The van der Waals surface area contributed by atoms with Crippen molar-refractivity contribution in [2.75, 3.05) is 58.1 Å². The lowest BCUT2D eigenvalue weighted by atomic mass is 10.1. The molecule has 3 aromatic carbocycles. The van der Waals surface area contributed by atoms with Gasteiger partial charge >= 0.3 is 24.3 Å². The molecule has 15 rings (SSSR count). The molecule has 0 spiro atoms. The van der Waals surface area contributed by atoms with Crippen LogP contribution in [-0.2, 0) is 76.2 Å². The molecule has 5 aromatic heterocycles. The second-order valence-corrected chi connectivity index (χ2v) is 29.9. The Balaban J connectivity index is 0.000000147. The van der Waals surface area contributed by atoms with Crippen molar-refractivity contribution in [1.82, 2.24) is 63.6 Å². The highest BCUT2D eigenvalue weighted by Crippen LogP contribution is 2.37. The predicted octanol–water partition coefficient (Wildman–Crippen LogP) is 11.0. The van der Waals surface area contributed by atoms with Gasteiger partial charge < -0.3 is 44.2 Å². The summed E-state index contributed by atoms with van der Waals surface area (Å²) >= 11 is 0. The number of aromatic nitrogens is 10. The third-order valence-corrected chi connectivity index (χ3v) is 18.9. The minimum atomic E-state index is -1.60. The highest BCUT2D eigenvalue weighted by molar-refractivity contribution is 5.98. The van der Waals surface area contributed by atoms with Gasteiger partial charge in [0.2, 0.25) is 17.7 Å². The summed E-state index contributed by atoms with van der Waals surface area (Å²) in [5.74, 6) is -8.21. The first kappa shape index (κ1) is 81.1. The van der Waals surface area contributed by atoms with Crippen LogP contribution in [0.4, 0.5) is 74.0 Å². The SMILES string of the molecule is C1=CCN=C1.C[C@H]1Cn2ncc(N3CC(CO)CC3=O)c2CN1C(=O)OC(C)(C)C.C[C@H]1Cn2ncc(N3CC(Cn4cccn4)CC3=O)c2CN1C(=O)Nc1cc(F)c(F)c(F)c1.C[C@H]1Cn2ncc(N3CC(Cn4cccn4)CC3=O)c2CN1C(=O)OC(C)(C)C.O=C(Nc1cc(F)c(F)c(F)c1)Oc1ccccc1. The van der Waals surface area contributed by atoms with Crippen molar-refractivity contribution in [2.24, 2.45) is 22.7 Å². The number of halogens is 6. The van der Waals surface area contributed by atoms with Gasteiger partial charge in [-0.1, -0.05) is 24.3 Å². The van der Waals surface area contributed by atoms with Gasteiger partial charge in [0.1, 0.15) is 17.0 Å². The largest absolute Gasteiger partial charge is 0.444 e. The Morgan fingerprint density at radius 1 is 0.518 bits per heavy atom. The molecule has 8 amide bonds. The predicted molar refractivity (Wildman–Crippen MR) is 397 cm³/mol. The van der Waals surface area contributed by atoms with E-state index in [-0.39, 0.29) is 96.1 Å². The van der Waals surface area contributed by atoms with E-state index in [1.807, 2.05) is 113 Å². The lowest BCUT2D eigenvalue weighted by molar-refractivity contribution is -0.118. The van der Waals surface area contributed by atoms with E-state index in [2.05, 4.69) is 41.1 Å². The molecule has 596 valence electrons. The summed E-state index contributed by atoms with van der Waals surface area (Å²) in [5.41, 5.74) is 3.01. The monoisotopic (exact) mass is 1560 g/mol. The molecule has 3 fully saturated rings. The van der Waals surface area contributed by atoms with Crippen molar-refractivity contribution in [3.8, 4) is 5.75 Å². The van der Waals surface area contributed by atoms with Gasteiger partial charge in [0.25, 0.3) is 0 Å². The van der Waals surface area contributed by atoms with Crippen LogP contribution in [0.1, 0.15) is 98.7 Å². The molecule has 7 aliphatic rings. The molecular formula is C76H89F6N19O11. The van der Waals surface area contributed by atoms with Crippen LogP contribution >= 0.6 is 0 Å². The van der Waals surface area contributed by atoms with Gasteiger partial charge in [0, 0.05) is 137 Å². The van der Waals surface area contributed by atoms with E-state index in [0.717, 1.165) is 41.4 Å².